The zero-order chi connectivity index (χ0) is 11.8. The molecule has 0 unspecified atom stereocenters. The molecule has 2 heterocycles. The van der Waals surface area contributed by atoms with Crippen molar-refractivity contribution >= 4 is 17.4 Å². The number of hydrogen-bond acceptors (Lipinski definition) is 6. The third kappa shape index (κ3) is 1.77. The van der Waals surface area contributed by atoms with E-state index in [1.165, 1.54) is 10.7 Å². The molecule has 1 aliphatic rings. The first-order valence-electron chi connectivity index (χ1n) is 5.26. The van der Waals surface area contributed by atoms with Gasteiger partial charge in [-0.15, -0.1) is 5.10 Å². The Kier molecular flexibility index (Phi) is 2.13. The second-order valence-corrected chi connectivity index (χ2v) is 3.97. The summed E-state index contributed by atoms with van der Waals surface area (Å²) in [6, 6.07) is 0.252. The Labute approximate surface area is 95.9 Å². The van der Waals surface area contributed by atoms with Crippen LogP contribution in [0.4, 0.5) is 5.82 Å². The highest BCUT2D eigenvalue weighted by atomic mass is 16.4. The molecule has 0 radical (unpaired) electrons. The van der Waals surface area contributed by atoms with Gasteiger partial charge < -0.3 is 10.0 Å². The zero-order valence-electron chi connectivity index (χ0n) is 8.89. The van der Waals surface area contributed by atoms with Crippen LogP contribution in [0.1, 0.15) is 12.8 Å². The molecule has 0 bridgehead atoms. The molecule has 1 fully saturated rings. The fourth-order valence-electron chi connectivity index (χ4n) is 1.79. The Bertz CT molecular complexity index is 563. The summed E-state index contributed by atoms with van der Waals surface area (Å²) < 4.78 is 1.51. The van der Waals surface area contributed by atoms with Gasteiger partial charge in [-0.3, -0.25) is 9.78 Å². The molecule has 0 aliphatic heterocycles. The van der Waals surface area contributed by atoms with Crippen LogP contribution in [0.3, 0.4) is 0 Å². The Morgan fingerprint density at radius 2 is 2.35 bits per heavy atom. The number of anilines is 1. The summed E-state index contributed by atoms with van der Waals surface area (Å²) >= 11 is 0. The molecule has 1 saturated carbocycles. The van der Waals surface area contributed by atoms with Crippen LogP contribution >= 0.6 is 0 Å². The van der Waals surface area contributed by atoms with E-state index in [2.05, 4.69) is 20.5 Å². The second-order valence-electron chi connectivity index (χ2n) is 3.97. The van der Waals surface area contributed by atoms with E-state index in [4.69, 9.17) is 5.11 Å². The lowest BCUT2D eigenvalue weighted by molar-refractivity contribution is -0.135. The molecule has 0 amide bonds. The molecule has 2 aromatic rings. The third-order valence-corrected chi connectivity index (χ3v) is 2.68. The van der Waals surface area contributed by atoms with Gasteiger partial charge in [0, 0.05) is 6.04 Å². The van der Waals surface area contributed by atoms with Gasteiger partial charge in [-0.25, -0.2) is 0 Å². The van der Waals surface area contributed by atoms with Gasteiger partial charge in [-0.05, 0) is 23.3 Å². The summed E-state index contributed by atoms with van der Waals surface area (Å²) in [6.07, 6.45) is 5.11. The number of aliphatic carboxylic acids is 1. The molecule has 3 rings (SSSR count). The van der Waals surface area contributed by atoms with Crippen molar-refractivity contribution in [2.75, 3.05) is 11.4 Å². The van der Waals surface area contributed by atoms with E-state index in [1.54, 1.807) is 11.1 Å². The molecule has 88 valence electrons. The minimum Gasteiger partial charge on any atom is -0.480 e. The predicted octanol–water partition coefficient (Wildman–Crippen LogP) is -0.427. The van der Waals surface area contributed by atoms with Crippen LogP contribution in [-0.4, -0.2) is 48.7 Å². The van der Waals surface area contributed by atoms with Crippen LogP contribution in [0.25, 0.3) is 5.65 Å². The van der Waals surface area contributed by atoms with Crippen molar-refractivity contribution in [2.45, 2.75) is 18.9 Å². The average molecular weight is 234 g/mol. The molecule has 1 aliphatic carbocycles. The largest absolute Gasteiger partial charge is 0.480 e. The molecule has 0 saturated heterocycles. The van der Waals surface area contributed by atoms with Crippen LogP contribution in [0, 0.1) is 0 Å². The van der Waals surface area contributed by atoms with Crippen LogP contribution in [0.15, 0.2) is 12.4 Å². The number of nitrogens with zero attached hydrogens (tertiary/aromatic N) is 6. The Morgan fingerprint density at radius 3 is 3.06 bits per heavy atom. The fraction of sp³-hybridized carbons (Fsp3) is 0.444. The molecule has 1 N–H and O–H groups in total. The van der Waals surface area contributed by atoms with Gasteiger partial charge in [0.05, 0.1) is 12.4 Å². The molecular formula is C9H10N6O2. The Hall–Kier alpha value is -2.25. The highest BCUT2D eigenvalue weighted by Gasteiger charge is 2.32. The van der Waals surface area contributed by atoms with Gasteiger partial charge in [0.15, 0.2) is 11.5 Å². The van der Waals surface area contributed by atoms with Gasteiger partial charge >= 0.3 is 5.97 Å². The van der Waals surface area contributed by atoms with Crippen molar-refractivity contribution in [3.05, 3.63) is 12.4 Å². The van der Waals surface area contributed by atoms with Crippen LogP contribution in [0.5, 0.6) is 0 Å². The van der Waals surface area contributed by atoms with E-state index < -0.39 is 5.97 Å². The zero-order valence-corrected chi connectivity index (χ0v) is 8.89. The summed E-state index contributed by atoms with van der Waals surface area (Å²) in [5.74, 6) is -0.251. The van der Waals surface area contributed by atoms with Crippen LogP contribution in [-0.2, 0) is 4.79 Å². The summed E-state index contributed by atoms with van der Waals surface area (Å²) in [4.78, 5) is 16.7. The molecule has 0 aromatic carbocycles. The quantitative estimate of drug-likeness (QED) is 0.766. The minimum atomic E-state index is -0.873. The number of carbonyl (C=O) groups is 1. The summed E-state index contributed by atoms with van der Waals surface area (Å²) in [5.41, 5.74) is 0.513. The van der Waals surface area contributed by atoms with Crippen molar-refractivity contribution in [2.24, 2.45) is 0 Å². The summed E-state index contributed by atoms with van der Waals surface area (Å²) in [5, 5.41) is 20.1. The maximum atomic E-state index is 10.9. The second kappa shape index (κ2) is 3.65. The van der Waals surface area contributed by atoms with E-state index in [0.29, 0.717) is 11.5 Å². The van der Waals surface area contributed by atoms with E-state index >= 15 is 0 Å². The van der Waals surface area contributed by atoms with Gasteiger partial charge in [0.25, 0.3) is 0 Å². The lowest BCUT2D eigenvalue weighted by Crippen LogP contribution is -2.33. The molecule has 8 heteroatoms. The van der Waals surface area contributed by atoms with E-state index in [0.717, 1.165) is 12.8 Å². The maximum Gasteiger partial charge on any atom is 0.323 e. The highest BCUT2D eigenvalue weighted by Crippen LogP contribution is 2.30. The van der Waals surface area contributed by atoms with Crippen molar-refractivity contribution in [1.29, 1.82) is 0 Å². The Balaban J connectivity index is 2.04. The molecule has 17 heavy (non-hydrogen) atoms. The predicted molar refractivity (Wildman–Crippen MR) is 56.6 cm³/mol. The summed E-state index contributed by atoms with van der Waals surface area (Å²) in [7, 11) is 0. The lowest BCUT2D eigenvalue weighted by Gasteiger charge is -2.21. The van der Waals surface area contributed by atoms with Gasteiger partial charge in [0.2, 0.25) is 0 Å². The summed E-state index contributed by atoms with van der Waals surface area (Å²) in [6.45, 7) is -0.0642. The third-order valence-electron chi connectivity index (χ3n) is 2.68. The number of carboxylic acid groups (broad SMARTS) is 1. The van der Waals surface area contributed by atoms with E-state index in [-0.39, 0.29) is 12.6 Å². The molecular weight excluding hydrogens is 224 g/mol. The molecule has 0 spiro atoms. The number of rotatable bonds is 4. The van der Waals surface area contributed by atoms with Gasteiger partial charge in [-0.2, -0.15) is 4.52 Å². The van der Waals surface area contributed by atoms with Crippen molar-refractivity contribution in [3.8, 4) is 0 Å². The van der Waals surface area contributed by atoms with Crippen molar-refractivity contribution in [1.82, 2.24) is 25.0 Å². The lowest BCUT2D eigenvalue weighted by atomic mass is 10.4. The van der Waals surface area contributed by atoms with Gasteiger partial charge in [-0.1, -0.05) is 0 Å². The average Bonchev–Trinajstić information content (AvgIpc) is 3.02. The monoisotopic (exact) mass is 234 g/mol. The Morgan fingerprint density at radius 1 is 1.53 bits per heavy atom. The molecule has 2 aromatic heterocycles. The molecule has 8 nitrogen and oxygen atoms in total. The number of tetrazole rings is 1. The van der Waals surface area contributed by atoms with Gasteiger partial charge in [0.1, 0.15) is 6.54 Å². The standard InChI is InChI=1S/C9H10N6O2/c16-9(17)5-14(6-1-2-6)8-4-10-3-7-11-12-13-15(7)8/h3-4,6H,1-2,5H2,(H,16,17). The number of hydrogen-bond donors (Lipinski definition) is 1. The van der Waals surface area contributed by atoms with Crippen LogP contribution in [0.2, 0.25) is 0 Å². The first-order valence-corrected chi connectivity index (χ1v) is 5.26. The normalized spacial score (nSPS) is 15.1. The number of aromatic nitrogens is 5. The first-order chi connectivity index (χ1) is 8.25. The number of fused-ring (bicyclic) bond motifs is 1. The van der Waals surface area contributed by atoms with Crippen LogP contribution < -0.4 is 4.90 Å². The van der Waals surface area contributed by atoms with E-state index in [9.17, 15) is 4.79 Å². The first kappa shape index (κ1) is 9.94. The molecule has 0 atom stereocenters. The fourth-order valence-corrected chi connectivity index (χ4v) is 1.79. The highest BCUT2D eigenvalue weighted by molar-refractivity contribution is 5.73. The number of carboxylic acids is 1. The van der Waals surface area contributed by atoms with E-state index in [1.807, 2.05) is 0 Å². The van der Waals surface area contributed by atoms with Crippen molar-refractivity contribution in [3.63, 3.8) is 0 Å². The smallest absolute Gasteiger partial charge is 0.323 e. The maximum absolute atomic E-state index is 10.9. The van der Waals surface area contributed by atoms with Crippen molar-refractivity contribution < 1.29 is 9.90 Å². The topological polar surface area (TPSA) is 96.5 Å². The minimum absolute atomic E-state index is 0.0642. The SMILES string of the molecule is O=C(O)CN(c1cncc2nnnn12)C1CC1.